The Hall–Kier alpha value is -2.97. The molecule has 1 unspecified atom stereocenters. The fourth-order valence-electron chi connectivity index (χ4n) is 2.69. The number of ether oxygens (including phenoxy) is 1. The minimum Gasteiger partial charge on any atom is -0.492 e. The van der Waals surface area contributed by atoms with Crippen LogP contribution < -0.4 is 15.8 Å². The predicted molar refractivity (Wildman–Crippen MR) is 109 cm³/mol. The maximum atomic E-state index is 12.9. The summed E-state index contributed by atoms with van der Waals surface area (Å²) in [6, 6.07) is 16.4. The first-order valence-electron chi connectivity index (χ1n) is 8.69. The normalized spacial score (nSPS) is 11.4. The second-order valence-electron chi connectivity index (χ2n) is 6.03. The minimum atomic E-state index is -0.560. The van der Waals surface area contributed by atoms with Crippen LogP contribution in [0.25, 0.3) is 0 Å². The lowest BCUT2D eigenvalue weighted by atomic mass is 10.1. The summed E-state index contributed by atoms with van der Waals surface area (Å²) < 4.78 is 6.99. The molecular weight excluding hydrogens is 380 g/mol. The maximum Gasteiger partial charge on any atom is 0.249 e. The van der Waals surface area contributed by atoms with Crippen molar-refractivity contribution >= 4 is 24.0 Å². The highest BCUT2D eigenvalue weighted by atomic mass is 35.5. The molecule has 0 fully saturated rings. The summed E-state index contributed by atoms with van der Waals surface area (Å²) in [4.78, 5) is 12.9. The van der Waals surface area contributed by atoms with E-state index >= 15 is 0 Å². The van der Waals surface area contributed by atoms with Gasteiger partial charge in [0.25, 0.3) is 0 Å². The Morgan fingerprint density at radius 1 is 1.18 bits per heavy atom. The molecule has 3 N–H and O–H groups in total. The number of nitrogens with one attached hydrogen (secondary N) is 1. The average molecular weight is 403 g/mol. The summed E-state index contributed by atoms with van der Waals surface area (Å²) in [6.07, 6.45) is 0.482. The number of anilines is 1. The molecule has 0 radical (unpaired) electrons. The van der Waals surface area contributed by atoms with Crippen LogP contribution in [-0.2, 0) is 11.2 Å². The van der Waals surface area contributed by atoms with Crippen molar-refractivity contribution in [2.24, 2.45) is 5.73 Å². The number of aryl methyl sites for hydroxylation is 1. The fraction of sp³-hybridized carbons (Fsp3) is 0.263. The van der Waals surface area contributed by atoms with Crippen molar-refractivity contribution in [3.8, 4) is 5.75 Å². The number of nitrogens with two attached hydrogens (primary N) is 1. The number of benzene rings is 2. The number of carbonyl (C=O) groups excluding carboxylic acids is 1. The van der Waals surface area contributed by atoms with E-state index in [0.29, 0.717) is 36.8 Å². The minimum absolute atomic E-state index is 0. The average Bonchev–Trinajstić information content (AvgIpc) is 3.12. The molecule has 9 heteroatoms. The van der Waals surface area contributed by atoms with Gasteiger partial charge in [-0.2, -0.15) is 0 Å². The molecule has 8 nitrogen and oxygen atoms in total. The molecule has 0 saturated carbocycles. The molecule has 148 valence electrons. The number of halogens is 1. The Kier molecular flexibility index (Phi) is 7.91. The number of rotatable bonds is 8. The lowest BCUT2D eigenvalue weighted by molar-refractivity contribution is -0.119. The number of tetrazole rings is 1. The molecule has 0 aliphatic heterocycles. The summed E-state index contributed by atoms with van der Waals surface area (Å²) in [7, 11) is 0. The molecule has 3 aromatic rings. The Morgan fingerprint density at radius 2 is 1.89 bits per heavy atom. The predicted octanol–water partition coefficient (Wildman–Crippen LogP) is 2.16. The standard InChI is InChI=1S/C19H22N6O2.ClH/c1-14-22-23-24-25(14)18(13-15-5-3-2-4-6-15)19(26)21-16-7-9-17(10-8-16)27-12-11-20;/h2-10,18H,11-13,20H2,1H3,(H,21,26);1H. The van der Waals surface area contributed by atoms with E-state index in [0.717, 1.165) is 5.56 Å². The molecule has 1 atom stereocenters. The molecule has 1 amide bonds. The molecule has 0 aliphatic carbocycles. The van der Waals surface area contributed by atoms with E-state index in [-0.39, 0.29) is 18.3 Å². The van der Waals surface area contributed by atoms with Crippen molar-refractivity contribution in [2.45, 2.75) is 19.4 Å². The van der Waals surface area contributed by atoms with E-state index in [4.69, 9.17) is 10.5 Å². The van der Waals surface area contributed by atoms with Gasteiger partial charge in [0.05, 0.1) is 0 Å². The van der Waals surface area contributed by atoms with Crippen LogP contribution in [0.1, 0.15) is 17.4 Å². The topological polar surface area (TPSA) is 108 Å². The zero-order valence-electron chi connectivity index (χ0n) is 15.5. The summed E-state index contributed by atoms with van der Waals surface area (Å²) >= 11 is 0. The third kappa shape index (κ3) is 5.51. The van der Waals surface area contributed by atoms with Crippen molar-refractivity contribution in [1.82, 2.24) is 20.2 Å². The number of nitrogens with zero attached hydrogens (tertiary/aromatic N) is 4. The molecule has 0 bridgehead atoms. The lowest BCUT2D eigenvalue weighted by Gasteiger charge is -2.18. The van der Waals surface area contributed by atoms with Gasteiger partial charge in [-0.25, -0.2) is 4.68 Å². The van der Waals surface area contributed by atoms with Crippen LogP contribution in [0.15, 0.2) is 54.6 Å². The second-order valence-corrected chi connectivity index (χ2v) is 6.03. The van der Waals surface area contributed by atoms with Crippen LogP contribution in [0.3, 0.4) is 0 Å². The van der Waals surface area contributed by atoms with Crippen LogP contribution >= 0.6 is 12.4 Å². The lowest BCUT2D eigenvalue weighted by Crippen LogP contribution is -2.29. The van der Waals surface area contributed by atoms with Crippen molar-refractivity contribution in [1.29, 1.82) is 0 Å². The first-order valence-corrected chi connectivity index (χ1v) is 8.69. The van der Waals surface area contributed by atoms with Gasteiger partial charge in [0, 0.05) is 18.7 Å². The number of hydrogen-bond acceptors (Lipinski definition) is 6. The van der Waals surface area contributed by atoms with Gasteiger partial charge in [0.2, 0.25) is 5.91 Å². The highest BCUT2D eigenvalue weighted by molar-refractivity contribution is 5.93. The molecule has 2 aromatic carbocycles. The van der Waals surface area contributed by atoms with Gasteiger partial charge < -0.3 is 15.8 Å². The van der Waals surface area contributed by atoms with Gasteiger partial charge in [0.1, 0.15) is 24.2 Å². The molecule has 28 heavy (non-hydrogen) atoms. The first kappa shape index (κ1) is 21.3. The third-order valence-corrected chi connectivity index (χ3v) is 4.04. The summed E-state index contributed by atoms with van der Waals surface area (Å²) in [5.41, 5.74) is 7.12. The highest BCUT2D eigenvalue weighted by Gasteiger charge is 2.24. The Balaban J connectivity index is 0.00000280. The van der Waals surface area contributed by atoms with E-state index < -0.39 is 6.04 Å². The van der Waals surface area contributed by atoms with Crippen LogP contribution in [-0.4, -0.2) is 39.3 Å². The van der Waals surface area contributed by atoms with E-state index in [1.807, 2.05) is 30.3 Å². The van der Waals surface area contributed by atoms with Crippen molar-refractivity contribution in [3.05, 3.63) is 66.0 Å². The number of carbonyl (C=O) groups is 1. The summed E-state index contributed by atoms with van der Waals surface area (Å²) in [5.74, 6) is 1.09. The van der Waals surface area contributed by atoms with Crippen LogP contribution in [0.5, 0.6) is 5.75 Å². The molecule has 0 saturated heterocycles. The monoisotopic (exact) mass is 402 g/mol. The quantitative estimate of drug-likeness (QED) is 0.597. The molecule has 0 aliphatic rings. The summed E-state index contributed by atoms with van der Waals surface area (Å²) in [5, 5.41) is 14.5. The van der Waals surface area contributed by atoms with Gasteiger partial charge in [-0.15, -0.1) is 17.5 Å². The smallest absolute Gasteiger partial charge is 0.249 e. The highest BCUT2D eigenvalue weighted by Crippen LogP contribution is 2.20. The van der Waals surface area contributed by atoms with Gasteiger partial charge >= 0.3 is 0 Å². The zero-order valence-corrected chi connectivity index (χ0v) is 16.3. The Labute approximate surface area is 169 Å². The van der Waals surface area contributed by atoms with Crippen molar-refractivity contribution in [2.75, 3.05) is 18.5 Å². The third-order valence-electron chi connectivity index (χ3n) is 4.04. The van der Waals surface area contributed by atoms with Crippen LogP contribution in [0, 0.1) is 6.92 Å². The Bertz CT molecular complexity index is 870. The van der Waals surface area contributed by atoms with Gasteiger partial charge in [-0.1, -0.05) is 30.3 Å². The SMILES string of the molecule is Cc1nnnn1C(Cc1ccccc1)C(=O)Nc1ccc(OCCN)cc1.Cl. The van der Waals surface area contributed by atoms with E-state index in [1.165, 1.54) is 0 Å². The molecule has 1 heterocycles. The zero-order chi connectivity index (χ0) is 19.1. The van der Waals surface area contributed by atoms with Gasteiger partial charge in [0.15, 0.2) is 0 Å². The van der Waals surface area contributed by atoms with E-state index in [2.05, 4.69) is 20.8 Å². The van der Waals surface area contributed by atoms with Gasteiger partial charge in [-0.05, 0) is 47.2 Å². The second kappa shape index (κ2) is 10.4. The van der Waals surface area contributed by atoms with Crippen LogP contribution in [0.2, 0.25) is 0 Å². The number of aromatic nitrogens is 4. The van der Waals surface area contributed by atoms with Crippen molar-refractivity contribution < 1.29 is 9.53 Å². The van der Waals surface area contributed by atoms with E-state index in [1.54, 1.807) is 35.9 Å². The maximum absolute atomic E-state index is 12.9. The molecular formula is C19H23ClN6O2. The van der Waals surface area contributed by atoms with Gasteiger partial charge in [-0.3, -0.25) is 4.79 Å². The molecule has 0 spiro atoms. The largest absolute Gasteiger partial charge is 0.492 e. The summed E-state index contributed by atoms with van der Waals surface area (Å²) in [6.45, 7) is 2.67. The number of amides is 1. The number of hydrogen-bond donors (Lipinski definition) is 2. The first-order chi connectivity index (χ1) is 13.2. The molecule has 3 rings (SSSR count). The van der Waals surface area contributed by atoms with E-state index in [9.17, 15) is 4.79 Å². The van der Waals surface area contributed by atoms with Crippen molar-refractivity contribution in [3.63, 3.8) is 0 Å². The Morgan fingerprint density at radius 3 is 2.50 bits per heavy atom. The van der Waals surface area contributed by atoms with Crippen LogP contribution in [0.4, 0.5) is 5.69 Å². The fourth-order valence-corrected chi connectivity index (χ4v) is 2.69. The molecule has 1 aromatic heterocycles.